The van der Waals surface area contributed by atoms with Crippen molar-refractivity contribution in [1.29, 1.82) is 0 Å². The maximum atomic E-state index is 13.7. The molecule has 2 fully saturated rings. The average Bonchev–Trinajstić information content (AvgIpc) is 3.12. The normalized spacial score (nSPS) is 26.2. The van der Waals surface area contributed by atoms with E-state index in [1.807, 2.05) is 18.2 Å². The highest BCUT2D eigenvalue weighted by atomic mass is 19.1. The fourth-order valence-corrected chi connectivity index (χ4v) is 4.83. The number of benzene rings is 1. The molecule has 2 aromatic rings. The van der Waals surface area contributed by atoms with E-state index in [1.54, 1.807) is 32.4 Å². The fraction of sp³-hybridized carbons (Fsp3) is 0.478. The molecule has 1 saturated heterocycles. The summed E-state index contributed by atoms with van der Waals surface area (Å²) < 4.78 is 19.5. The van der Waals surface area contributed by atoms with Crippen molar-refractivity contribution in [3.63, 3.8) is 0 Å². The number of nitrogens with one attached hydrogen (secondary N) is 2. The Morgan fingerprint density at radius 2 is 2.00 bits per heavy atom. The third-order valence-corrected chi connectivity index (χ3v) is 6.40. The zero-order valence-corrected chi connectivity index (χ0v) is 17.5. The molecule has 1 saturated carbocycles. The molecule has 160 valence electrons. The first-order valence-electron chi connectivity index (χ1n) is 10.5. The Morgan fingerprint density at radius 1 is 1.20 bits per heavy atom. The van der Waals surface area contributed by atoms with E-state index in [0.717, 1.165) is 31.7 Å². The molecule has 30 heavy (non-hydrogen) atoms. The summed E-state index contributed by atoms with van der Waals surface area (Å²) in [6, 6.07) is 10.8. The van der Waals surface area contributed by atoms with Crippen LogP contribution in [0.4, 0.5) is 15.9 Å². The highest BCUT2D eigenvalue weighted by molar-refractivity contribution is 5.93. The quantitative estimate of drug-likeness (QED) is 0.762. The number of pyridine rings is 1. The molecule has 7 heteroatoms. The van der Waals surface area contributed by atoms with E-state index < -0.39 is 0 Å². The van der Waals surface area contributed by atoms with Crippen LogP contribution in [0.3, 0.4) is 0 Å². The molecule has 0 unspecified atom stereocenters. The lowest BCUT2D eigenvalue weighted by atomic mass is 9.77. The molecule has 1 amide bonds. The molecule has 0 bridgehead atoms. The molecule has 2 N–H and O–H groups in total. The van der Waals surface area contributed by atoms with Crippen LogP contribution in [-0.4, -0.2) is 54.7 Å². The minimum absolute atomic E-state index is 0.103. The smallest absolute Gasteiger partial charge is 0.238 e. The lowest BCUT2D eigenvalue weighted by Gasteiger charge is -2.37. The second kappa shape index (κ2) is 9.10. The van der Waals surface area contributed by atoms with Gasteiger partial charge in [0.1, 0.15) is 11.6 Å². The molecule has 0 radical (unpaired) electrons. The molecule has 2 aliphatic rings. The van der Waals surface area contributed by atoms with Gasteiger partial charge in [-0.05, 0) is 55.9 Å². The van der Waals surface area contributed by atoms with Crippen molar-refractivity contribution < 1.29 is 13.9 Å². The van der Waals surface area contributed by atoms with Crippen LogP contribution in [0.1, 0.15) is 18.4 Å². The molecule has 1 aromatic heterocycles. The van der Waals surface area contributed by atoms with E-state index in [9.17, 15) is 9.18 Å². The van der Waals surface area contributed by atoms with Gasteiger partial charge in [0.15, 0.2) is 0 Å². The zero-order valence-electron chi connectivity index (χ0n) is 17.5. The van der Waals surface area contributed by atoms with Gasteiger partial charge in [-0.1, -0.05) is 12.1 Å². The predicted molar refractivity (Wildman–Crippen MR) is 115 cm³/mol. The van der Waals surface area contributed by atoms with Gasteiger partial charge in [-0.25, -0.2) is 9.37 Å². The molecule has 1 aromatic carbocycles. The highest BCUT2D eigenvalue weighted by Gasteiger charge is 2.42. The monoisotopic (exact) mass is 412 g/mol. The summed E-state index contributed by atoms with van der Waals surface area (Å²) in [5.41, 5.74) is 1.00. The van der Waals surface area contributed by atoms with Crippen molar-refractivity contribution in [2.75, 3.05) is 37.4 Å². The van der Waals surface area contributed by atoms with Crippen LogP contribution in [0.15, 0.2) is 42.6 Å². The Hall–Kier alpha value is -2.51. The van der Waals surface area contributed by atoms with Crippen molar-refractivity contribution in [3.05, 3.63) is 54.0 Å². The van der Waals surface area contributed by atoms with Crippen molar-refractivity contribution in [3.8, 4) is 0 Å². The van der Waals surface area contributed by atoms with E-state index in [-0.39, 0.29) is 23.9 Å². The summed E-state index contributed by atoms with van der Waals surface area (Å²) in [6.45, 7) is 3.77. The van der Waals surface area contributed by atoms with Gasteiger partial charge in [0, 0.05) is 37.6 Å². The Balaban J connectivity index is 1.34. The number of methoxy groups -OCH3 is 1. The van der Waals surface area contributed by atoms with Crippen molar-refractivity contribution >= 4 is 17.4 Å². The summed E-state index contributed by atoms with van der Waals surface area (Å²) in [5, 5.41) is 6.38. The number of ether oxygens (including phenoxy) is 1. The number of halogens is 1. The van der Waals surface area contributed by atoms with Crippen molar-refractivity contribution in [2.45, 2.75) is 31.9 Å². The molecule has 2 heterocycles. The molecule has 6 nitrogen and oxygen atoms in total. The Bertz CT molecular complexity index is 879. The number of nitrogens with zero attached hydrogens (tertiary/aromatic N) is 2. The number of anilines is 2. The lowest BCUT2D eigenvalue weighted by molar-refractivity contribution is -0.117. The maximum absolute atomic E-state index is 13.7. The van der Waals surface area contributed by atoms with Gasteiger partial charge >= 0.3 is 0 Å². The van der Waals surface area contributed by atoms with Gasteiger partial charge in [-0.2, -0.15) is 0 Å². The topological polar surface area (TPSA) is 66.5 Å². The van der Waals surface area contributed by atoms with E-state index in [0.29, 0.717) is 29.6 Å². The van der Waals surface area contributed by atoms with Gasteiger partial charge in [-0.15, -0.1) is 0 Å². The Morgan fingerprint density at radius 3 is 2.73 bits per heavy atom. The van der Waals surface area contributed by atoms with E-state index >= 15 is 0 Å². The fourth-order valence-electron chi connectivity index (χ4n) is 4.83. The molecule has 4 atom stereocenters. The molecule has 0 spiro atoms. The number of likely N-dealkylation sites (tertiary alicyclic amines) is 1. The maximum Gasteiger partial charge on any atom is 0.238 e. The summed E-state index contributed by atoms with van der Waals surface area (Å²) in [7, 11) is 1.76. The van der Waals surface area contributed by atoms with Crippen molar-refractivity contribution in [2.24, 2.45) is 11.8 Å². The number of carbonyl (C=O) groups excluding carboxylic acids is 1. The number of rotatable bonds is 6. The van der Waals surface area contributed by atoms with Crippen LogP contribution in [0.5, 0.6) is 0 Å². The summed E-state index contributed by atoms with van der Waals surface area (Å²) >= 11 is 0. The average molecular weight is 413 g/mol. The van der Waals surface area contributed by atoms with Gasteiger partial charge in [0.2, 0.25) is 5.91 Å². The van der Waals surface area contributed by atoms with Gasteiger partial charge in [0.25, 0.3) is 0 Å². The zero-order chi connectivity index (χ0) is 21.1. The third-order valence-electron chi connectivity index (χ3n) is 6.40. The number of aromatic nitrogens is 1. The summed E-state index contributed by atoms with van der Waals surface area (Å²) in [5.74, 6) is 1.48. The van der Waals surface area contributed by atoms with Gasteiger partial charge < -0.3 is 15.4 Å². The minimum Gasteiger partial charge on any atom is -0.379 e. The number of fused-ring (bicyclic) bond motifs is 1. The number of amides is 1. The Labute approximate surface area is 176 Å². The first-order chi connectivity index (χ1) is 14.5. The van der Waals surface area contributed by atoms with Crippen LogP contribution < -0.4 is 10.6 Å². The molecule has 4 rings (SSSR count). The standard InChI is InChI=1S/C23H29FN4O2/c1-15-18(24)6-5-7-19(15)27-23(29)14-28-12-16-10-20(21(30-2)11-17(16)13-28)26-22-8-3-4-9-25-22/h3-9,16-17,20-21H,10-14H2,1-2H3,(H,25,26)(H,27,29)/t16-,17+,20-,21-/m1/s1. The molecule has 1 aliphatic carbocycles. The van der Waals surface area contributed by atoms with Crippen LogP contribution in [0.2, 0.25) is 0 Å². The number of hydrogen-bond donors (Lipinski definition) is 2. The first kappa shape index (κ1) is 20.8. The SMILES string of the molecule is CO[C@@H]1C[C@H]2CN(CC(=O)Nc3cccc(F)c3C)C[C@H]2C[C@H]1Nc1ccccn1. The van der Waals surface area contributed by atoms with E-state index in [4.69, 9.17) is 4.74 Å². The summed E-state index contributed by atoms with van der Waals surface area (Å²) in [6.07, 6.45) is 3.86. The van der Waals surface area contributed by atoms with Crippen molar-refractivity contribution in [1.82, 2.24) is 9.88 Å². The first-order valence-corrected chi connectivity index (χ1v) is 10.5. The molecule has 1 aliphatic heterocycles. The van der Waals surface area contributed by atoms with Crippen LogP contribution in [0.25, 0.3) is 0 Å². The van der Waals surface area contributed by atoms with Gasteiger partial charge in [0.05, 0.1) is 18.7 Å². The largest absolute Gasteiger partial charge is 0.379 e. The van der Waals surface area contributed by atoms with Crippen LogP contribution in [-0.2, 0) is 9.53 Å². The number of carbonyl (C=O) groups is 1. The van der Waals surface area contributed by atoms with Crippen LogP contribution in [0, 0.1) is 24.6 Å². The van der Waals surface area contributed by atoms with Crippen LogP contribution >= 0.6 is 0 Å². The highest BCUT2D eigenvalue weighted by Crippen LogP contribution is 2.38. The van der Waals surface area contributed by atoms with Gasteiger partial charge in [-0.3, -0.25) is 9.69 Å². The Kier molecular flexibility index (Phi) is 6.29. The predicted octanol–water partition coefficient (Wildman–Crippen LogP) is 3.31. The van der Waals surface area contributed by atoms with E-state index in [1.165, 1.54) is 6.07 Å². The minimum atomic E-state index is -0.308. The second-order valence-corrected chi connectivity index (χ2v) is 8.39. The lowest BCUT2D eigenvalue weighted by Crippen LogP contribution is -2.44. The second-order valence-electron chi connectivity index (χ2n) is 8.39. The number of hydrogen-bond acceptors (Lipinski definition) is 5. The molecular weight excluding hydrogens is 383 g/mol. The molecular formula is C23H29FN4O2. The van der Waals surface area contributed by atoms with E-state index in [2.05, 4.69) is 20.5 Å². The summed E-state index contributed by atoms with van der Waals surface area (Å²) in [4.78, 5) is 19.1. The third kappa shape index (κ3) is 4.63.